The van der Waals surface area contributed by atoms with Crippen LogP contribution in [0.5, 0.6) is 0 Å². The second kappa shape index (κ2) is 6.10. The number of nitrogens with zero attached hydrogens (tertiary/aromatic N) is 2. The van der Waals surface area contributed by atoms with E-state index in [1.165, 1.54) is 22.3 Å². The summed E-state index contributed by atoms with van der Waals surface area (Å²) in [4.78, 5) is 0. The molecule has 1 atom stereocenters. The van der Waals surface area contributed by atoms with Gasteiger partial charge in [-0.05, 0) is 59.8 Å². The predicted molar refractivity (Wildman–Crippen MR) is 86.9 cm³/mol. The standard InChI is InChI=1S/C16H22BrN3/c1-5-6-20-16(13(17)9-19-20)15(18)14-11(3)7-10(2)8-12(14)4/h7-9,15H,5-6,18H2,1-4H3. The Hall–Kier alpha value is -1.13. The van der Waals surface area contributed by atoms with E-state index in [1.54, 1.807) is 0 Å². The van der Waals surface area contributed by atoms with Crippen molar-refractivity contribution < 1.29 is 0 Å². The highest BCUT2D eigenvalue weighted by Gasteiger charge is 2.21. The molecular weight excluding hydrogens is 314 g/mol. The van der Waals surface area contributed by atoms with Gasteiger partial charge < -0.3 is 5.73 Å². The molecule has 0 bridgehead atoms. The Morgan fingerprint density at radius 2 is 1.85 bits per heavy atom. The maximum Gasteiger partial charge on any atom is 0.0739 e. The van der Waals surface area contributed by atoms with Gasteiger partial charge in [0.15, 0.2) is 0 Å². The number of aromatic nitrogens is 2. The monoisotopic (exact) mass is 335 g/mol. The lowest BCUT2D eigenvalue weighted by atomic mass is 9.93. The van der Waals surface area contributed by atoms with Gasteiger partial charge in [0.2, 0.25) is 0 Å². The maximum atomic E-state index is 6.55. The first-order chi connectivity index (χ1) is 9.45. The largest absolute Gasteiger partial charge is 0.319 e. The van der Waals surface area contributed by atoms with Crippen LogP contribution < -0.4 is 5.73 Å². The Kier molecular flexibility index (Phi) is 4.66. The minimum absolute atomic E-state index is 0.154. The molecule has 108 valence electrons. The summed E-state index contributed by atoms with van der Waals surface area (Å²) in [5, 5.41) is 4.42. The molecule has 1 unspecified atom stereocenters. The molecule has 2 aromatic rings. The molecule has 1 aromatic heterocycles. The third-order valence-corrected chi connectivity index (χ3v) is 4.22. The molecule has 0 radical (unpaired) electrons. The molecule has 0 spiro atoms. The summed E-state index contributed by atoms with van der Waals surface area (Å²) in [6.07, 6.45) is 2.88. The molecule has 4 heteroatoms. The number of hydrogen-bond acceptors (Lipinski definition) is 2. The number of hydrogen-bond donors (Lipinski definition) is 1. The summed E-state index contributed by atoms with van der Waals surface area (Å²) in [5.41, 5.74) is 12.6. The smallest absolute Gasteiger partial charge is 0.0739 e. The fourth-order valence-corrected chi connectivity index (χ4v) is 3.43. The van der Waals surface area contributed by atoms with Crippen LogP contribution in [0.3, 0.4) is 0 Å². The van der Waals surface area contributed by atoms with Crippen LogP contribution in [0.4, 0.5) is 0 Å². The lowest BCUT2D eigenvalue weighted by Gasteiger charge is -2.20. The van der Waals surface area contributed by atoms with E-state index in [1.807, 2.05) is 10.9 Å². The fraction of sp³-hybridized carbons (Fsp3) is 0.438. The topological polar surface area (TPSA) is 43.8 Å². The van der Waals surface area contributed by atoms with Crippen LogP contribution in [0.15, 0.2) is 22.8 Å². The van der Waals surface area contributed by atoms with Gasteiger partial charge in [-0.25, -0.2) is 0 Å². The normalized spacial score (nSPS) is 12.7. The summed E-state index contributed by atoms with van der Waals surface area (Å²) < 4.78 is 2.99. The second-order valence-corrected chi connectivity index (χ2v) is 6.25. The highest BCUT2D eigenvalue weighted by atomic mass is 79.9. The van der Waals surface area contributed by atoms with E-state index in [2.05, 4.69) is 60.9 Å². The van der Waals surface area contributed by atoms with Gasteiger partial charge in [0, 0.05) is 6.54 Å². The lowest BCUT2D eigenvalue weighted by Crippen LogP contribution is -2.20. The highest BCUT2D eigenvalue weighted by Crippen LogP contribution is 2.31. The van der Waals surface area contributed by atoms with Gasteiger partial charge in [-0.15, -0.1) is 0 Å². The zero-order valence-corrected chi connectivity index (χ0v) is 14.2. The molecule has 20 heavy (non-hydrogen) atoms. The minimum atomic E-state index is -0.154. The van der Waals surface area contributed by atoms with Crippen molar-refractivity contribution in [1.29, 1.82) is 0 Å². The van der Waals surface area contributed by atoms with Crippen LogP contribution in [0, 0.1) is 20.8 Å². The van der Waals surface area contributed by atoms with E-state index in [9.17, 15) is 0 Å². The van der Waals surface area contributed by atoms with Crippen LogP contribution in [0.2, 0.25) is 0 Å². The van der Waals surface area contributed by atoms with Gasteiger partial charge in [0.1, 0.15) is 0 Å². The number of halogens is 1. The molecule has 0 fully saturated rings. The molecule has 0 amide bonds. The Balaban J connectivity index is 2.52. The first-order valence-electron chi connectivity index (χ1n) is 7.00. The molecule has 2 rings (SSSR count). The predicted octanol–water partition coefficient (Wildman–Crippen LogP) is 4.03. The quantitative estimate of drug-likeness (QED) is 0.916. The Bertz CT molecular complexity index is 593. The summed E-state index contributed by atoms with van der Waals surface area (Å²) >= 11 is 3.59. The molecule has 0 aliphatic heterocycles. The summed E-state index contributed by atoms with van der Waals surface area (Å²) in [6.45, 7) is 9.41. The fourth-order valence-electron chi connectivity index (χ4n) is 2.89. The Morgan fingerprint density at radius 1 is 1.25 bits per heavy atom. The van der Waals surface area contributed by atoms with Crippen molar-refractivity contribution in [2.45, 2.75) is 46.7 Å². The first kappa shape index (κ1) is 15.3. The van der Waals surface area contributed by atoms with Gasteiger partial charge in [-0.2, -0.15) is 5.10 Å². The van der Waals surface area contributed by atoms with Crippen molar-refractivity contribution in [3.05, 3.63) is 50.8 Å². The molecule has 1 heterocycles. The van der Waals surface area contributed by atoms with E-state index < -0.39 is 0 Å². The minimum Gasteiger partial charge on any atom is -0.319 e. The van der Waals surface area contributed by atoms with Gasteiger partial charge >= 0.3 is 0 Å². The molecule has 2 N–H and O–H groups in total. The summed E-state index contributed by atoms with van der Waals surface area (Å²) in [7, 11) is 0. The van der Waals surface area contributed by atoms with Crippen molar-refractivity contribution in [2.24, 2.45) is 5.73 Å². The van der Waals surface area contributed by atoms with E-state index in [4.69, 9.17) is 5.73 Å². The first-order valence-corrected chi connectivity index (χ1v) is 7.79. The molecule has 0 saturated heterocycles. The van der Waals surface area contributed by atoms with Crippen molar-refractivity contribution in [2.75, 3.05) is 0 Å². The van der Waals surface area contributed by atoms with Crippen LogP contribution in [0.25, 0.3) is 0 Å². The molecule has 0 aliphatic carbocycles. The third kappa shape index (κ3) is 2.81. The van der Waals surface area contributed by atoms with Gasteiger partial charge in [0.05, 0.1) is 22.4 Å². The van der Waals surface area contributed by atoms with Gasteiger partial charge in [-0.1, -0.05) is 24.6 Å². The Labute approximate surface area is 129 Å². The van der Waals surface area contributed by atoms with Crippen LogP contribution in [0.1, 0.15) is 47.3 Å². The lowest BCUT2D eigenvalue weighted by molar-refractivity contribution is 0.557. The van der Waals surface area contributed by atoms with E-state index in [0.29, 0.717) is 0 Å². The second-order valence-electron chi connectivity index (χ2n) is 5.39. The Morgan fingerprint density at radius 3 is 2.40 bits per heavy atom. The van der Waals surface area contributed by atoms with E-state index in [-0.39, 0.29) is 6.04 Å². The molecule has 0 saturated carbocycles. The van der Waals surface area contributed by atoms with Gasteiger partial charge in [0.25, 0.3) is 0 Å². The average Bonchev–Trinajstić information content (AvgIpc) is 2.69. The molecular formula is C16H22BrN3. The van der Waals surface area contributed by atoms with Crippen molar-refractivity contribution >= 4 is 15.9 Å². The highest BCUT2D eigenvalue weighted by molar-refractivity contribution is 9.10. The van der Waals surface area contributed by atoms with E-state index in [0.717, 1.165) is 23.1 Å². The molecule has 0 aliphatic rings. The average molecular weight is 336 g/mol. The number of nitrogens with two attached hydrogens (primary N) is 1. The van der Waals surface area contributed by atoms with Crippen molar-refractivity contribution in [3.8, 4) is 0 Å². The SMILES string of the molecule is CCCn1ncc(Br)c1C(N)c1c(C)cc(C)cc1C. The van der Waals surface area contributed by atoms with Crippen LogP contribution in [-0.2, 0) is 6.54 Å². The third-order valence-electron chi connectivity index (χ3n) is 3.61. The zero-order chi connectivity index (χ0) is 14.9. The van der Waals surface area contributed by atoms with Crippen molar-refractivity contribution in [1.82, 2.24) is 9.78 Å². The van der Waals surface area contributed by atoms with E-state index >= 15 is 0 Å². The zero-order valence-electron chi connectivity index (χ0n) is 12.6. The molecule has 1 aromatic carbocycles. The van der Waals surface area contributed by atoms with Crippen LogP contribution >= 0.6 is 15.9 Å². The number of benzene rings is 1. The summed E-state index contributed by atoms with van der Waals surface area (Å²) in [5.74, 6) is 0. The number of rotatable bonds is 4. The number of aryl methyl sites for hydroxylation is 4. The summed E-state index contributed by atoms with van der Waals surface area (Å²) in [6, 6.07) is 4.23. The maximum absolute atomic E-state index is 6.55. The van der Waals surface area contributed by atoms with Crippen LogP contribution in [-0.4, -0.2) is 9.78 Å². The molecule has 3 nitrogen and oxygen atoms in total. The van der Waals surface area contributed by atoms with Crippen molar-refractivity contribution in [3.63, 3.8) is 0 Å². The van der Waals surface area contributed by atoms with Gasteiger partial charge in [-0.3, -0.25) is 4.68 Å².